The van der Waals surface area contributed by atoms with E-state index < -0.39 is 5.60 Å². The molecule has 0 atom stereocenters. The van der Waals surface area contributed by atoms with Gasteiger partial charge in [-0.2, -0.15) is 0 Å². The maximum atomic E-state index is 11.6. The Bertz CT molecular complexity index is 413. The second kappa shape index (κ2) is 5.11. The van der Waals surface area contributed by atoms with Gasteiger partial charge in [-0.1, -0.05) is 43.7 Å². The molecule has 100 valence electrons. The van der Waals surface area contributed by atoms with E-state index in [4.69, 9.17) is 0 Å². The number of aryl methyl sites for hydroxylation is 1. The van der Waals surface area contributed by atoms with E-state index in [1.807, 2.05) is 6.92 Å². The molecule has 3 nitrogen and oxygen atoms in total. The van der Waals surface area contributed by atoms with E-state index in [0.717, 1.165) is 0 Å². The van der Waals surface area contributed by atoms with Crippen molar-refractivity contribution in [2.75, 3.05) is 6.54 Å². The van der Waals surface area contributed by atoms with Crippen LogP contribution in [0, 0.1) is 6.92 Å². The van der Waals surface area contributed by atoms with Gasteiger partial charge in [-0.3, -0.25) is 4.79 Å². The van der Waals surface area contributed by atoms with E-state index in [2.05, 4.69) is 43.4 Å². The van der Waals surface area contributed by atoms with Crippen molar-refractivity contribution < 1.29 is 9.90 Å². The highest BCUT2D eigenvalue weighted by Gasteiger charge is 2.27. The number of rotatable bonds is 4. The van der Waals surface area contributed by atoms with E-state index in [1.54, 1.807) is 0 Å². The summed E-state index contributed by atoms with van der Waals surface area (Å²) in [6, 6.07) is 8.28. The summed E-state index contributed by atoms with van der Waals surface area (Å²) in [5.41, 5.74) is 0.900. The molecular formula is C15H23NO2. The first-order chi connectivity index (χ1) is 8.13. The van der Waals surface area contributed by atoms with Gasteiger partial charge in [0.25, 0.3) is 5.91 Å². The summed E-state index contributed by atoms with van der Waals surface area (Å²) in [5, 5.41) is 12.4. The molecule has 0 aliphatic heterocycles. The summed E-state index contributed by atoms with van der Waals surface area (Å²) >= 11 is 0. The fourth-order valence-electron chi connectivity index (χ4n) is 1.62. The highest BCUT2D eigenvalue weighted by atomic mass is 16.3. The third-order valence-electron chi connectivity index (χ3n) is 3.08. The number of carbonyl (C=O) groups is 1. The van der Waals surface area contributed by atoms with E-state index in [1.165, 1.54) is 25.0 Å². The summed E-state index contributed by atoms with van der Waals surface area (Å²) in [6.45, 7) is 9.67. The van der Waals surface area contributed by atoms with Gasteiger partial charge in [-0.25, -0.2) is 0 Å². The van der Waals surface area contributed by atoms with Crippen LogP contribution in [0.15, 0.2) is 24.3 Å². The van der Waals surface area contributed by atoms with Crippen molar-refractivity contribution in [1.29, 1.82) is 0 Å². The fourth-order valence-corrected chi connectivity index (χ4v) is 1.62. The molecule has 2 N–H and O–H groups in total. The lowest BCUT2D eigenvalue weighted by Crippen LogP contribution is -2.46. The van der Waals surface area contributed by atoms with Crippen LogP contribution in [0.5, 0.6) is 0 Å². The first-order valence-electron chi connectivity index (χ1n) is 6.21. The van der Waals surface area contributed by atoms with Gasteiger partial charge in [0.1, 0.15) is 5.60 Å². The summed E-state index contributed by atoms with van der Waals surface area (Å²) in [6.07, 6.45) is 0. The molecule has 0 aliphatic rings. The van der Waals surface area contributed by atoms with Crippen molar-refractivity contribution in [2.24, 2.45) is 0 Å². The molecule has 3 heteroatoms. The van der Waals surface area contributed by atoms with Crippen molar-refractivity contribution >= 4 is 5.91 Å². The van der Waals surface area contributed by atoms with Crippen molar-refractivity contribution in [3.8, 4) is 0 Å². The molecule has 0 heterocycles. The second-order valence-corrected chi connectivity index (χ2v) is 5.99. The molecule has 18 heavy (non-hydrogen) atoms. The maximum absolute atomic E-state index is 11.6. The highest BCUT2D eigenvalue weighted by Crippen LogP contribution is 2.22. The standard InChI is InChI=1S/C15H23NO2/c1-11-6-8-12(9-7-11)14(2,3)10-16-13(17)15(4,5)18/h6-9,18H,10H2,1-5H3,(H,16,17). The van der Waals surface area contributed by atoms with Crippen LogP contribution < -0.4 is 5.32 Å². The van der Waals surface area contributed by atoms with Crippen LogP contribution in [0.4, 0.5) is 0 Å². The molecule has 0 bridgehead atoms. The van der Waals surface area contributed by atoms with Crippen LogP contribution in [-0.2, 0) is 10.2 Å². The Hall–Kier alpha value is -1.35. The Balaban J connectivity index is 2.71. The van der Waals surface area contributed by atoms with Crippen LogP contribution in [0.2, 0.25) is 0 Å². The van der Waals surface area contributed by atoms with Crippen LogP contribution in [0.3, 0.4) is 0 Å². The Labute approximate surface area is 109 Å². The van der Waals surface area contributed by atoms with Gasteiger partial charge < -0.3 is 10.4 Å². The topological polar surface area (TPSA) is 49.3 Å². The lowest BCUT2D eigenvalue weighted by Gasteiger charge is -2.27. The van der Waals surface area contributed by atoms with Crippen molar-refractivity contribution in [3.63, 3.8) is 0 Å². The van der Waals surface area contributed by atoms with Crippen LogP contribution in [-0.4, -0.2) is 23.2 Å². The zero-order valence-corrected chi connectivity index (χ0v) is 11.9. The molecule has 0 saturated heterocycles. The second-order valence-electron chi connectivity index (χ2n) is 5.99. The largest absolute Gasteiger partial charge is 0.381 e. The number of amides is 1. The minimum atomic E-state index is -1.33. The Morgan fingerprint density at radius 1 is 1.17 bits per heavy atom. The van der Waals surface area contributed by atoms with Crippen molar-refractivity contribution in [2.45, 2.75) is 45.6 Å². The molecule has 0 saturated carbocycles. The normalized spacial score (nSPS) is 12.3. The smallest absolute Gasteiger partial charge is 0.251 e. The average Bonchev–Trinajstić information content (AvgIpc) is 2.25. The van der Waals surface area contributed by atoms with E-state index in [-0.39, 0.29) is 11.3 Å². The predicted octanol–water partition coefficient (Wildman–Crippen LogP) is 2.16. The van der Waals surface area contributed by atoms with Gasteiger partial charge in [-0.15, -0.1) is 0 Å². The molecule has 0 spiro atoms. The van der Waals surface area contributed by atoms with Gasteiger partial charge in [0.15, 0.2) is 0 Å². The summed E-state index contributed by atoms with van der Waals surface area (Å²) in [4.78, 5) is 11.6. The zero-order valence-electron chi connectivity index (χ0n) is 11.9. The molecule has 0 unspecified atom stereocenters. The maximum Gasteiger partial charge on any atom is 0.251 e. The molecule has 1 aromatic carbocycles. The van der Waals surface area contributed by atoms with E-state index in [9.17, 15) is 9.90 Å². The Kier molecular flexibility index (Phi) is 4.17. The van der Waals surface area contributed by atoms with Crippen molar-refractivity contribution in [3.05, 3.63) is 35.4 Å². The number of benzene rings is 1. The molecule has 1 amide bonds. The molecule has 0 fully saturated rings. The Morgan fingerprint density at radius 3 is 2.11 bits per heavy atom. The number of carbonyl (C=O) groups excluding carboxylic acids is 1. The molecule has 1 aromatic rings. The third-order valence-corrected chi connectivity index (χ3v) is 3.08. The van der Waals surface area contributed by atoms with Gasteiger partial charge in [0.05, 0.1) is 0 Å². The summed E-state index contributed by atoms with van der Waals surface area (Å²) in [7, 11) is 0. The minimum Gasteiger partial charge on any atom is -0.381 e. The third kappa shape index (κ3) is 3.84. The van der Waals surface area contributed by atoms with Gasteiger partial charge >= 0.3 is 0 Å². The minimum absolute atomic E-state index is 0.158. The molecule has 0 aliphatic carbocycles. The molecule has 1 rings (SSSR count). The SMILES string of the molecule is Cc1ccc(C(C)(C)CNC(=O)C(C)(C)O)cc1. The van der Waals surface area contributed by atoms with Gasteiger partial charge in [-0.05, 0) is 26.3 Å². The Morgan fingerprint density at radius 2 is 1.67 bits per heavy atom. The predicted molar refractivity (Wildman–Crippen MR) is 73.5 cm³/mol. The fraction of sp³-hybridized carbons (Fsp3) is 0.533. The van der Waals surface area contributed by atoms with Crippen LogP contribution >= 0.6 is 0 Å². The van der Waals surface area contributed by atoms with Gasteiger partial charge in [0, 0.05) is 12.0 Å². The van der Waals surface area contributed by atoms with E-state index in [0.29, 0.717) is 6.54 Å². The quantitative estimate of drug-likeness (QED) is 0.859. The average molecular weight is 249 g/mol. The summed E-state index contributed by atoms with van der Waals surface area (Å²) < 4.78 is 0. The molecule has 0 aromatic heterocycles. The highest BCUT2D eigenvalue weighted by molar-refractivity contribution is 5.83. The monoisotopic (exact) mass is 249 g/mol. The number of hydrogen-bond donors (Lipinski definition) is 2. The summed E-state index contributed by atoms with van der Waals surface area (Å²) in [5.74, 6) is -0.345. The van der Waals surface area contributed by atoms with Crippen LogP contribution in [0.25, 0.3) is 0 Å². The number of aliphatic hydroxyl groups is 1. The lowest BCUT2D eigenvalue weighted by molar-refractivity contribution is -0.136. The van der Waals surface area contributed by atoms with E-state index >= 15 is 0 Å². The zero-order chi connectivity index (χ0) is 14.0. The number of hydrogen-bond acceptors (Lipinski definition) is 2. The number of nitrogens with one attached hydrogen (secondary N) is 1. The lowest BCUT2D eigenvalue weighted by atomic mass is 9.84. The molecule has 0 radical (unpaired) electrons. The first-order valence-corrected chi connectivity index (χ1v) is 6.21. The molecular weight excluding hydrogens is 226 g/mol. The van der Waals surface area contributed by atoms with Crippen LogP contribution in [0.1, 0.15) is 38.8 Å². The van der Waals surface area contributed by atoms with Gasteiger partial charge in [0.2, 0.25) is 0 Å². The first kappa shape index (κ1) is 14.7. The van der Waals surface area contributed by atoms with Crippen molar-refractivity contribution in [1.82, 2.24) is 5.32 Å².